The smallest absolute Gasteiger partial charge is 0.350 e. The number of methoxy groups -OCH3 is 1. The van der Waals surface area contributed by atoms with Gasteiger partial charge in [-0.25, -0.2) is 9.18 Å². The maximum Gasteiger partial charge on any atom is 0.350 e. The Morgan fingerprint density at radius 1 is 1.32 bits per heavy atom. The molecular weight excluding hydrogens is 519 g/mol. The van der Waals surface area contributed by atoms with Crippen molar-refractivity contribution in [1.82, 2.24) is 24.8 Å². The molecule has 1 aromatic heterocycles. The van der Waals surface area contributed by atoms with Gasteiger partial charge in [-0.05, 0) is 44.8 Å². The van der Waals surface area contributed by atoms with Crippen molar-refractivity contribution in [3.05, 3.63) is 32.7 Å². The summed E-state index contributed by atoms with van der Waals surface area (Å²) in [5.74, 6) is 5.17. The third kappa shape index (κ3) is 6.23. The first-order valence-corrected chi connectivity index (χ1v) is 13.9. The average molecular weight is 559 g/mol. The summed E-state index contributed by atoms with van der Waals surface area (Å²) in [7, 11) is 1.41. The van der Waals surface area contributed by atoms with Gasteiger partial charge in [0.25, 0.3) is 5.56 Å². The molecule has 2 atom stereocenters. The number of carbonyl (C=O) groups excluding carboxylic acids is 1. The van der Waals surface area contributed by atoms with Gasteiger partial charge < -0.3 is 31.0 Å². The number of fused-ring (bicyclic) bond motifs is 1. The number of aromatic nitrogens is 2. The average Bonchev–Trinajstić information content (AvgIpc) is 3.67. The SMILES string of the molecule is CCN(CCC#N)CCC(CNC(C)=O)NC1CCN(c2c(F)cc3c(=O)n(N)c(=O)n(C4CC4)c3c2OC)C1. The molecule has 2 unspecified atom stereocenters. The van der Waals surface area contributed by atoms with Gasteiger partial charge in [-0.15, -0.1) is 0 Å². The predicted octanol–water partition coefficient (Wildman–Crippen LogP) is 0.658. The molecule has 1 amide bonds. The monoisotopic (exact) mass is 558 g/mol. The summed E-state index contributed by atoms with van der Waals surface area (Å²) in [4.78, 5) is 41.4. The van der Waals surface area contributed by atoms with Gasteiger partial charge in [0.2, 0.25) is 5.91 Å². The molecule has 40 heavy (non-hydrogen) atoms. The number of halogens is 1. The fourth-order valence-corrected chi connectivity index (χ4v) is 5.51. The van der Waals surface area contributed by atoms with Crippen molar-refractivity contribution >= 4 is 22.5 Å². The lowest BCUT2D eigenvalue weighted by atomic mass is 10.1. The Bertz CT molecular complexity index is 1400. The number of carbonyl (C=O) groups is 1. The van der Waals surface area contributed by atoms with Gasteiger partial charge in [-0.2, -0.15) is 9.94 Å². The van der Waals surface area contributed by atoms with Crippen LogP contribution in [-0.2, 0) is 4.79 Å². The zero-order chi connectivity index (χ0) is 29.0. The molecule has 2 fully saturated rings. The van der Waals surface area contributed by atoms with Crippen LogP contribution in [0.1, 0.15) is 52.0 Å². The number of nitrogens with two attached hydrogens (primary N) is 1. The van der Waals surface area contributed by atoms with Crippen LogP contribution in [0.5, 0.6) is 5.75 Å². The van der Waals surface area contributed by atoms with Crippen LogP contribution in [0.4, 0.5) is 10.1 Å². The second-order valence-electron chi connectivity index (χ2n) is 10.6. The lowest BCUT2D eigenvalue weighted by Gasteiger charge is -2.28. The topological polar surface area (TPSA) is 151 Å². The third-order valence-corrected chi connectivity index (χ3v) is 7.76. The minimum absolute atomic E-state index is 0.00761. The standard InChI is InChI=1S/C27H39FN8O4/c1-4-33(11-5-10-29)12-8-18(15-31-17(2)37)32-19-9-13-34(16-19)24-22(28)14-21-23(25(24)40-3)35(20-6-7-20)27(39)36(30)26(21)38/h14,18-20,32H,4-9,11-13,15-16,30H2,1-3H3,(H,31,37). The van der Waals surface area contributed by atoms with E-state index in [2.05, 4.69) is 28.5 Å². The molecule has 1 saturated heterocycles. The molecule has 0 radical (unpaired) electrons. The van der Waals surface area contributed by atoms with Gasteiger partial charge in [-0.1, -0.05) is 6.92 Å². The highest BCUT2D eigenvalue weighted by atomic mass is 19.1. The summed E-state index contributed by atoms with van der Waals surface area (Å²) in [5, 5.41) is 15.5. The fourth-order valence-electron chi connectivity index (χ4n) is 5.51. The minimum Gasteiger partial charge on any atom is -0.492 e. The van der Waals surface area contributed by atoms with Gasteiger partial charge in [0.1, 0.15) is 11.2 Å². The number of amides is 1. The fraction of sp³-hybridized carbons (Fsp3) is 0.630. The highest BCUT2D eigenvalue weighted by Crippen LogP contribution is 2.43. The van der Waals surface area contributed by atoms with E-state index in [-0.39, 0.29) is 46.4 Å². The maximum atomic E-state index is 15.6. The van der Waals surface area contributed by atoms with Gasteiger partial charge in [0, 0.05) is 57.6 Å². The van der Waals surface area contributed by atoms with E-state index in [0.717, 1.165) is 44.8 Å². The number of hydrogen-bond acceptors (Lipinski definition) is 9. The predicted molar refractivity (Wildman–Crippen MR) is 151 cm³/mol. The zero-order valence-corrected chi connectivity index (χ0v) is 23.4. The van der Waals surface area contributed by atoms with Crippen molar-refractivity contribution in [3.8, 4) is 11.8 Å². The largest absolute Gasteiger partial charge is 0.492 e. The number of nitrogens with zero attached hydrogens (tertiary/aromatic N) is 5. The summed E-state index contributed by atoms with van der Waals surface area (Å²) in [6.07, 6.45) is 3.48. The van der Waals surface area contributed by atoms with Crippen LogP contribution in [0.25, 0.3) is 10.9 Å². The number of anilines is 1. The lowest BCUT2D eigenvalue weighted by Crippen LogP contribution is -2.47. The van der Waals surface area contributed by atoms with Gasteiger partial charge >= 0.3 is 5.69 Å². The Hall–Kier alpha value is -3.63. The van der Waals surface area contributed by atoms with Crippen LogP contribution in [-0.4, -0.2) is 78.5 Å². The zero-order valence-electron chi connectivity index (χ0n) is 23.4. The number of benzene rings is 1. The van der Waals surface area contributed by atoms with Crippen molar-refractivity contribution in [2.75, 3.05) is 57.1 Å². The minimum atomic E-state index is -0.765. The second-order valence-corrected chi connectivity index (χ2v) is 10.6. The molecule has 1 aliphatic heterocycles. The van der Waals surface area contributed by atoms with E-state index < -0.39 is 17.1 Å². The van der Waals surface area contributed by atoms with Crippen LogP contribution in [0.2, 0.25) is 0 Å². The molecule has 0 bridgehead atoms. The molecule has 218 valence electrons. The van der Waals surface area contributed by atoms with Crippen molar-refractivity contribution in [1.29, 1.82) is 5.26 Å². The molecule has 4 N–H and O–H groups in total. The molecule has 2 aliphatic rings. The number of nitrogens with one attached hydrogen (secondary N) is 2. The van der Waals surface area contributed by atoms with Crippen LogP contribution in [0.3, 0.4) is 0 Å². The summed E-state index contributed by atoms with van der Waals surface area (Å²) < 4.78 is 23.3. The quantitative estimate of drug-likeness (QED) is 0.301. The van der Waals surface area contributed by atoms with Crippen molar-refractivity contribution in [3.63, 3.8) is 0 Å². The van der Waals surface area contributed by atoms with Crippen LogP contribution < -0.4 is 37.4 Å². The van der Waals surface area contributed by atoms with Crippen LogP contribution in [0, 0.1) is 17.1 Å². The van der Waals surface area contributed by atoms with E-state index in [4.69, 9.17) is 15.8 Å². The summed E-state index contributed by atoms with van der Waals surface area (Å²) in [6, 6.07) is 3.21. The Balaban J connectivity index is 1.58. The Morgan fingerprint density at radius 3 is 2.70 bits per heavy atom. The molecule has 13 heteroatoms. The molecular formula is C27H39FN8O4. The molecule has 2 heterocycles. The Labute approximate surface area is 232 Å². The molecule has 1 saturated carbocycles. The number of ether oxygens (including phenoxy) is 1. The number of rotatable bonds is 13. The summed E-state index contributed by atoms with van der Waals surface area (Å²) in [5.41, 5.74) is -0.920. The first kappa shape index (κ1) is 29.4. The van der Waals surface area contributed by atoms with Gasteiger partial charge in [0.05, 0.1) is 18.6 Å². The van der Waals surface area contributed by atoms with Crippen molar-refractivity contribution in [2.45, 2.75) is 64.1 Å². The Kier molecular flexibility index (Phi) is 9.32. The number of hydrogen-bond donors (Lipinski definition) is 3. The van der Waals surface area contributed by atoms with E-state index in [9.17, 15) is 14.4 Å². The normalized spacial score (nSPS) is 17.8. The van der Waals surface area contributed by atoms with E-state index in [1.54, 1.807) is 0 Å². The number of nitriles is 1. The molecule has 0 spiro atoms. The van der Waals surface area contributed by atoms with Crippen LogP contribution >= 0.6 is 0 Å². The van der Waals surface area contributed by atoms with E-state index in [0.29, 0.717) is 37.3 Å². The summed E-state index contributed by atoms with van der Waals surface area (Å²) >= 11 is 0. The van der Waals surface area contributed by atoms with E-state index in [1.165, 1.54) is 18.6 Å². The highest BCUT2D eigenvalue weighted by molar-refractivity contribution is 5.91. The molecule has 1 aliphatic carbocycles. The molecule has 4 rings (SSSR count). The van der Waals surface area contributed by atoms with Crippen LogP contribution in [0.15, 0.2) is 15.7 Å². The maximum absolute atomic E-state index is 15.6. The second kappa shape index (κ2) is 12.7. The molecule has 12 nitrogen and oxygen atoms in total. The van der Waals surface area contributed by atoms with E-state index in [1.807, 2.05) is 4.90 Å². The highest BCUT2D eigenvalue weighted by Gasteiger charge is 2.34. The number of nitrogen functional groups attached to an aromatic ring is 1. The first-order valence-electron chi connectivity index (χ1n) is 13.9. The lowest BCUT2D eigenvalue weighted by molar-refractivity contribution is -0.119. The molecule has 2 aromatic rings. The first-order chi connectivity index (χ1) is 19.2. The Morgan fingerprint density at radius 2 is 2.08 bits per heavy atom. The van der Waals surface area contributed by atoms with Gasteiger partial charge in [0.15, 0.2) is 11.6 Å². The van der Waals surface area contributed by atoms with Gasteiger partial charge in [-0.3, -0.25) is 14.2 Å². The van der Waals surface area contributed by atoms with Crippen molar-refractivity contribution in [2.24, 2.45) is 0 Å². The van der Waals surface area contributed by atoms with Crippen molar-refractivity contribution < 1.29 is 13.9 Å². The van der Waals surface area contributed by atoms with E-state index >= 15 is 4.39 Å². The summed E-state index contributed by atoms with van der Waals surface area (Å²) in [6.45, 7) is 7.30. The molecule has 1 aromatic carbocycles. The third-order valence-electron chi connectivity index (χ3n) is 7.76.